The van der Waals surface area contributed by atoms with Gasteiger partial charge in [-0.1, -0.05) is 0 Å². The summed E-state index contributed by atoms with van der Waals surface area (Å²) in [5, 5.41) is 18.4. The van der Waals surface area contributed by atoms with E-state index in [1.54, 1.807) is 6.92 Å². The SMILES string of the molecule is Cc1cc(N([O-])O)n(N)c1. The molecule has 3 N–H and O–H groups in total. The zero-order valence-electron chi connectivity index (χ0n) is 5.48. The lowest BCUT2D eigenvalue weighted by Gasteiger charge is -2.20. The Morgan fingerprint density at radius 1 is 1.80 bits per heavy atom. The van der Waals surface area contributed by atoms with E-state index in [0.29, 0.717) is 0 Å². The Hall–Kier alpha value is -1.20. The van der Waals surface area contributed by atoms with E-state index in [9.17, 15) is 5.21 Å². The number of aromatic nitrogens is 1. The van der Waals surface area contributed by atoms with Crippen molar-refractivity contribution in [3.8, 4) is 0 Å². The highest BCUT2D eigenvalue weighted by atomic mass is 16.8. The van der Waals surface area contributed by atoms with Crippen LogP contribution in [0.25, 0.3) is 0 Å². The fraction of sp³-hybridized carbons (Fsp3) is 0.200. The molecule has 0 saturated carbocycles. The zero-order chi connectivity index (χ0) is 7.72. The molecule has 0 aliphatic heterocycles. The number of nitrogens with two attached hydrogens (primary N) is 1. The second kappa shape index (κ2) is 2.20. The van der Waals surface area contributed by atoms with Crippen molar-refractivity contribution in [2.24, 2.45) is 0 Å². The topological polar surface area (TPSA) is 77.5 Å². The average molecular weight is 142 g/mol. The third-order valence-electron chi connectivity index (χ3n) is 1.16. The van der Waals surface area contributed by atoms with Crippen LogP contribution in [0.15, 0.2) is 12.3 Å². The summed E-state index contributed by atoms with van der Waals surface area (Å²) in [7, 11) is 0. The quantitative estimate of drug-likeness (QED) is 0.434. The summed E-state index contributed by atoms with van der Waals surface area (Å²) < 4.78 is 1.06. The van der Waals surface area contributed by atoms with Gasteiger partial charge >= 0.3 is 0 Å². The van der Waals surface area contributed by atoms with Gasteiger partial charge in [-0.2, -0.15) is 0 Å². The van der Waals surface area contributed by atoms with Crippen molar-refractivity contribution in [3.05, 3.63) is 23.0 Å². The van der Waals surface area contributed by atoms with Gasteiger partial charge in [0.2, 0.25) is 0 Å². The molecular weight excluding hydrogens is 134 g/mol. The van der Waals surface area contributed by atoms with Crippen LogP contribution in [0.2, 0.25) is 0 Å². The van der Waals surface area contributed by atoms with Crippen molar-refractivity contribution < 1.29 is 5.21 Å². The van der Waals surface area contributed by atoms with Gasteiger partial charge < -0.3 is 16.3 Å². The lowest BCUT2D eigenvalue weighted by molar-refractivity contribution is 0.291. The minimum Gasteiger partial charge on any atom is -0.732 e. The van der Waals surface area contributed by atoms with Crippen LogP contribution in [0, 0.1) is 12.1 Å². The third-order valence-corrected chi connectivity index (χ3v) is 1.16. The molecule has 1 heterocycles. The largest absolute Gasteiger partial charge is 0.732 e. The number of hydrogen-bond donors (Lipinski definition) is 2. The molecule has 10 heavy (non-hydrogen) atoms. The molecule has 1 aromatic rings. The maximum absolute atomic E-state index is 10.3. The molecular formula is C5H8N3O2-. The number of nitrogen functional groups attached to an aromatic ring is 1. The van der Waals surface area contributed by atoms with Gasteiger partial charge in [0.15, 0.2) is 0 Å². The molecule has 0 aliphatic rings. The van der Waals surface area contributed by atoms with E-state index in [2.05, 4.69) is 0 Å². The summed E-state index contributed by atoms with van der Waals surface area (Å²) in [6, 6.07) is 1.48. The summed E-state index contributed by atoms with van der Waals surface area (Å²) >= 11 is 0. The van der Waals surface area contributed by atoms with Crippen LogP contribution in [0.3, 0.4) is 0 Å². The monoisotopic (exact) mass is 142 g/mol. The maximum atomic E-state index is 10.3. The predicted octanol–water partition coefficient (Wildman–Crippen LogP) is 0.204. The summed E-state index contributed by atoms with van der Waals surface area (Å²) in [5.41, 5.74) is 0.826. The molecule has 0 fully saturated rings. The highest BCUT2D eigenvalue weighted by Gasteiger charge is 1.98. The first kappa shape index (κ1) is 6.91. The number of rotatable bonds is 1. The van der Waals surface area contributed by atoms with Gasteiger partial charge in [0.25, 0.3) is 0 Å². The molecule has 1 rings (SSSR count). The van der Waals surface area contributed by atoms with E-state index < -0.39 is 0 Å². The first-order valence-electron chi connectivity index (χ1n) is 2.71. The van der Waals surface area contributed by atoms with Gasteiger partial charge in [-0.05, 0) is 18.6 Å². The minimum absolute atomic E-state index is 0.0255. The van der Waals surface area contributed by atoms with Crippen molar-refractivity contribution in [1.29, 1.82) is 0 Å². The molecule has 5 nitrogen and oxygen atoms in total. The van der Waals surface area contributed by atoms with Gasteiger partial charge in [0, 0.05) is 6.20 Å². The molecule has 0 saturated heterocycles. The second-order valence-corrected chi connectivity index (χ2v) is 2.06. The predicted molar refractivity (Wildman–Crippen MR) is 37.0 cm³/mol. The highest BCUT2D eigenvalue weighted by molar-refractivity contribution is 5.41. The molecule has 0 amide bonds. The first-order chi connectivity index (χ1) is 4.61. The molecule has 1 aromatic heterocycles. The Kier molecular flexibility index (Phi) is 1.52. The Morgan fingerprint density at radius 3 is 2.60 bits per heavy atom. The van der Waals surface area contributed by atoms with E-state index in [-0.39, 0.29) is 11.0 Å². The van der Waals surface area contributed by atoms with Crippen LogP contribution < -0.4 is 11.1 Å². The maximum Gasteiger partial charge on any atom is 0.140 e. The summed E-state index contributed by atoms with van der Waals surface area (Å²) in [6.07, 6.45) is 1.54. The van der Waals surface area contributed by atoms with Crippen LogP contribution in [0.1, 0.15) is 5.56 Å². The Balaban J connectivity index is 3.03. The van der Waals surface area contributed by atoms with Crippen LogP contribution in [-0.4, -0.2) is 9.88 Å². The van der Waals surface area contributed by atoms with Crippen LogP contribution in [0.5, 0.6) is 0 Å². The number of aryl methyl sites for hydroxylation is 1. The fourth-order valence-corrected chi connectivity index (χ4v) is 0.755. The smallest absolute Gasteiger partial charge is 0.140 e. The molecule has 0 radical (unpaired) electrons. The molecule has 0 unspecified atom stereocenters. The molecule has 0 aliphatic carbocycles. The molecule has 56 valence electrons. The lowest BCUT2D eigenvalue weighted by Crippen LogP contribution is -2.17. The third kappa shape index (κ3) is 1.04. The van der Waals surface area contributed by atoms with Crippen LogP contribution >= 0.6 is 0 Å². The molecule has 0 aromatic carbocycles. The van der Waals surface area contributed by atoms with Crippen LogP contribution in [0.4, 0.5) is 5.82 Å². The van der Waals surface area contributed by atoms with Crippen molar-refractivity contribution in [2.45, 2.75) is 6.92 Å². The lowest BCUT2D eigenvalue weighted by atomic mass is 10.4. The van der Waals surface area contributed by atoms with E-state index in [1.807, 2.05) is 0 Å². The van der Waals surface area contributed by atoms with E-state index in [4.69, 9.17) is 11.0 Å². The normalized spacial score (nSPS) is 9.90. The van der Waals surface area contributed by atoms with Gasteiger partial charge in [-0.15, -0.1) is 0 Å². The molecule has 0 spiro atoms. The molecule has 0 bridgehead atoms. The van der Waals surface area contributed by atoms with E-state index >= 15 is 0 Å². The van der Waals surface area contributed by atoms with Gasteiger partial charge in [0.05, 0.1) is 0 Å². The van der Waals surface area contributed by atoms with Crippen molar-refractivity contribution >= 4 is 5.82 Å². The Bertz CT molecular complexity index is 231. The average Bonchev–Trinajstić information content (AvgIpc) is 2.10. The standard InChI is InChI=1S/C5H8N3O2/c1-4-2-5(8(9)10)7(6)3-4/h2-3,9H,6H2,1H3/q-1. The van der Waals surface area contributed by atoms with Crippen molar-refractivity contribution in [2.75, 3.05) is 11.1 Å². The van der Waals surface area contributed by atoms with Gasteiger partial charge in [-0.3, -0.25) is 9.88 Å². The highest BCUT2D eigenvalue weighted by Crippen LogP contribution is 2.12. The van der Waals surface area contributed by atoms with Crippen molar-refractivity contribution in [3.63, 3.8) is 0 Å². The van der Waals surface area contributed by atoms with Gasteiger partial charge in [-0.25, -0.2) is 0 Å². The van der Waals surface area contributed by atoms with E-state index in [1.165, 1.54) is 12.3 Å². The summed E-state index contributed by atoms with van der Waals surface area (Å²) in [5.74, 6) is 5.28. The Labute approximate surface area is 57.8 Å². The first-order valence-corrected chi connectivity index (χ1v) is 2.71. The Morgan fingerprint density at radius 2 is 2.40 bits per heavy atom. The fourth-order valence-electron chi connectivity index (χ4n) is 0.755. The zero-order valence-corrected chi connectivity index (χ0v) is 5.48. The molecule has 0 atom stereocenters. The number of anilines is 1. The summed E-state index contributed by atoms with van der Waals surface area (Å²) in [6.45, 7) is 1.77. The number of hydrogen-bond acceptors (Lipinski definition) is 4. The minimum atomic E-state index is -0.271. The van der Waals surface area contributed by atoms with Crippen LogP contribution in [-0.2, 0) is 0 Å². The second-order valence-electron chi connectivity index (χ2n) is 2.06. The summed E-state index contributed by atoms with van der Waals surface area (Å²) in [4.78, 5) is 0. The van der Waals surface area contributed by atoms with Gasteiger partial charge in [0.1, 0.15) is 5.82 Å². The van der Waals surface area contributed by atoms with Crippen molar-refractivity contribution in [1.82, 2.24) is 4.68 Å². The molecule has 5 heteroatoms. The number of nitrogens with zero attached hydrogens (tertiary/aromatic N) is 2. The van der Waals surface area contributed by atoms with E-state index in [0.717, 1.165) is 10.2 Å².